The summed E-state index contributed by atoms with van der Waals surface area (Å²) in [5.41, 5.74) is 3.16. The summed E-state index contributed by atoms with van der Waals surface area (Å²) in [6.45, 7) is 3.92. The minimum Gasteiger partial charge on any atom is -0.467 e. The molecular weight excluding hydrogens is 368 g/mol. The molecule has 128 valence electrons. The monoisotopic (exact) mass is 386 g/mol. The van der Waals surface area contributed by atoms with Crippen molar-refractivity contribution in [2.45, 2.75) is 38.2 Å². The van der Waals surface area contributed by atoms with Gasteiger partial charge >= 0.3 is 0 Å². The van der Waals surface area contributed by atoms with E-state index in [1.807, 2.05) is 43.5 Å². The number of fused-ring (bicyclic) bond motifs is 1. The summed E-state index contributed by atoms with van der Waals surface area (Å²) >= 11 is 12.3. The van der Waals surface area contributed by atoms with Gasteiger partial charge in [0, 0.05) is 22.9 Å². The molecule has 0 saturated carbocycles. The van der Waals surface area contributed by atoms with Gasteiger partial charge in [-0.3, -0.25) is 0 Å². The summed E-state index contributed by atoms with van der Waals surface area (Å²) in [5.74, 6) is -0.389. The van der Waals surface area contributed by atoms with E-state index in [-0.39, 0.29) is 17.9 Å². The molecule has 0 fully saturated rings. The van der Waals surface area contributed by atoms with Crippen molar-refractivity contribution in [2.24, 2.45) is 0 Å². The molecular formula is C19H18N2OS3. The van der Waals surface area contributed by atoms with Crippen LogP contribution in [0.15, 0.2) is 35.7 Å². The Labute approximate surface area is 162 Å². The number of rotatable bonds is 4. The van der Waals surface area contributed by atoms with Gasteiger partial charge in [0.05, 0.1) is 12.0 Å². The zero-order valence-corrected chi connectivity index (χ0v) is 16.4. The highest BCUT2D eigenvalue weighted by Gasteiger charge is 2.28. The molecule has 6 heteroatoms. The smallest absolute Gasteiger partial charge is 0.261 e. The first kappa shape index (κ1) is 18.0. The molecule has 0 bridgehead atoms. The van der Waals surface area contributed by atoms with Crippen LogP contribution in [0.25, 0.3) is 0 Å². The van der Waals surface area contributed by atoms with Gasteiger partial charge in [0.25, 0.3) is 5.17 Å². The molecule has 2 aromatic rings. The van der Waals surface area contributed by atoms with Crippen molar-refractivity contribution >= 4 is 51.5 Å². The lowest BCUT2D eigenvalue weighted by atomic mass is 9.82. The fourth-order valence-electron chi connectivity index (χ4n) is 3.20. The molecule has 3 rings (SSSR count). The number of nitrogens with one attached hydrogen (secondary N) is 1. The van der Waals surface area contributed by atoms with Crippen molar-refractivity contribution in [3.8, 4) is 6.07 Å². The van der Waals surface area contributed by atoms with Crippen LogP contribution in [0.3, 0.4) is 0 Å². The molecule has 3 unspecified atom stereocenters. The van der Waals surface area contributed by atoms with Crippen molar-refractivity contribution in [2.75, 3.05) is 5.32 Å². The van der Waals surface area contributed by atoms with Gasteiger partial charge in [-0.1, -0.05) is 30.4 Å². The topological polar surface area (TPSA) is 45.0 Å². The number of anilines is 1. The molecule has 0 spiro atoms. The largest absolute Gasteiger partial charge is 0.467 e. The zero-order chi connectivity index (χ0) is 18.0. The first-order valence-corrected chi connectivity index (χ1v) is 9.73. The SMILES string of the molecule is CC(=S)C(c1ccc2c(c1)CC(C)OC(=S)N2)C(C#N)c1cccs1. The first-order chi connectivity index (χ1) is 12.0. The molecule has 25 heavy (non-hydrogen) atoms. The molecule has 1 aromatic heterocycles. The molecule has 1 aromatic carbocycles. The Morgan fingerprint density at radius 2 is 2.24 bits per heavy atom. The highest BCUT2D eigenvalue weighted by molar-refractivity contribution is 7.80. The maximum Gasteiger partial charge on any atom is 0.261 e. The molecule has 0 amide bonds. The van der Waals surface area contributed by atoms with E-state index < -0.39 is 0 Å². The van der Waals surface area contributed by atoms with Gasteiger partial charge in [0.2, 0.25) is 0 Å². The number of hydrogen-bond donors (Lipinski definition) is 1. The zero-order valence-electron chi connectivity index (χ0n) is 14.0. The van der Waals surface area contributed by atoms with E-state index in [1.165, 1.54) is 0 Å². The number of thiophene rings is 1. The average Bonchev–Trinajstić information content (AvgIpc) is 3.02. The van der Waals surface area contributed by atoms with Gasteiger partial charge in [0.1, 0.15) is 6.10 Å². The quantitative estimate of drug-likeness (QED) is 0.733. The molecule has 3 nitrogen and oxygen atoms in total. The number of thiocarbonyl (C=S) groups is 2. The van der Waals surface area contributed by atoms with Gasteiger partial charge in [-0.2, -0.15) is 5.26 Å². The molecule has 0 saturated heterocycles. The van der Waals surface area contributed by atoms with E-state index in [9.17, 15) is 5.26 Å². The predicted octanol–water partition coefficient (Wildman–Crippen LogP) is 5.19. The van der Waals surface area contributed by atoms with Crippen LogP contribution < -0.4 is 5.32 Å². The predicted molar refractivity (Wildman–Crippen MR) is 111 cm³/mol. The second-order valence-corrected chi connectivity index (χ2v) is 8.17. The second kappa shape index (κ2) is 7.61. The van der Waals surface area contributed by atoms with Gasteiger partial charge in [-0.25, -0.2) is 0 Å². The summed E-state index contributed by atoms with van der Waals surface area (Å²) < 4.78 is 5.61. The lowest BCUT2D eigenvalue weighted by molar-refractivity contribution is 0.217. The minimum atomic E-state index is -0.274. The van der Waals surface area contributed by atoms with Crippen molar-refractivity contribution in [3.63, 3.8) is 0 Å². The molecule has 3 atom stereocenters. The van der Waals surface area contributed by atoms with Crippen molar-refractivity contribution in [1.82, 2.24) is 0 Å². The summed E-state index contributed by atoms with van der Waals surface area (Å²) in [4.78, 5) is 1.86. The Morgan fingerprint density at radius 3 is 2.88 bits per heavy atom. The van der Waals surface area contributed by atoms with Gasteiger partial charge in [0.15, 0.2) is 0 Å². The van der Waals surface area contributed by atoms with Crippen LogP contribution in [-0.4, -0.2) is 16.1 Å². The van der Waals surface area contributed by atoms with Crippen molar-refractivity contribution in [3.05, 3.63) is 51.7 Å². The summed E-state index contributed by atoms with van der Waals surface area (Å²) in [6, 6.07) is 12.6. The van der Waals surface area contributed by atoms with Crippen LogP contribution in [0.5, 0.6) is 0 Å². The Hall–Kier alpha value is -1.81. The van der Waals surface area contributed by atoms with Gasteiger partial charge in [-0.15, -0.1) is 11.3 Å². The summed E-state index contributed by atoms with van der Waals surface area (Å²) in [5, 5.41) is 15.3. The first-order valence-electron chi connectivity index (χ1n) is 8.03. The molecule has 0 aliphatic carbocycles. The van der Waals surface area contributed by atoms with Crippen molar-refractivity contribution in [1.29, 1.82) is 5.26 Å². The Kier molecular flexibility index (Phi) is 5.48. The lowest BCUT2D eigenvalue weighted by Gasteiger charge is -2.22. The number of ether oxygens (including phenoxy) is 1. The third-order valence-electron chi connectivity index (χ3n) is 4.30. The van der Waals surface area contributed by atoms with E-state index in [1.54, 1.807) is 11.3 Å². The second-order valence-electron chi connectivity index (χ2n) is 6.17. The normalized spacial score (nSPS) is 18.8. The van der Waals surface area contributed by atoms with Gasteiger partial charge in [-0.05, 0) is 59.6 Å². The van der Waals surface area contributed by atoms with E-state index in [4.69, 9.17) is 29.2 Å². The number of nitriles is 1. The van der Waals surface area contributed by atoms with E-state index in [0.717, 1.165) is 33.0 Å². The Bertz CT molecular complexity index is 839. The van der Waals surface area contributed by atoms with E-state index in [0.29, 0.717) is 5.17 Å². The Balaban J connectivity index is 2.02. The highest BCUT2D eigenvalue weighted by Crippen LogP contribution is 2.38. The number of nitrogens with zero attached hydrogens (tertiary/aromatic N) is 1. The molecule has 1 aliphatic rings. The minimum absolute atomic E-state index is 0.00703. The summed E-state index contributed by atoms with van der Waals surface area (Å²) in [6.07, 6.45) is 0.767. The maximum atomic E-state index is 9.79. The average molecular weight is 387 g/mol. The standard InChI is InChI=1S/C19H18N2OS3/c1-11-8-14-9-13(5-6-16(14)21-19(24)22-11)18(12(2)23)15(10-20)17-4-3-7-25-17/h3-7,9,11,15,18H,8H2,1-2H3,(H,21,24). The lowest BCUT2D eigenvalue weighted by Crippen LogP contribution is -2.16. The molecule has 0 radical (unpaired) electrons. The summed E-state index contributed by atoms with van der Waals surface area (Å²) in [7, 11) is 0. The van der Waals surface area contributed by atoms with Crippen LogP contribution in [0.4, 0.5) is 5.69 Å². The number of benzene rings is 1. The van der Waals surface area contributed by atoms with E-state index >= 15 is 0 Å². The fourth-order valence-corrected chi connectivity index (χ4v) is 4.56. The van der Waals surface area contributed by atoms with E-state index in [2.05, 4.69) is 17.5 Å². The highest BCUT2D eigenvalue weighted by atomic mass is 32.1. The van der Waals surface area contributed by atoms with Crippen LogP contribution in [0.1, 0.15) is 41.7 Å². The maximum absolute atomic E-state index is 9.79. The number of hydrogen-bond acceptors (Lipinski definition) is 5. The van der Waals surface area contributed by atoms with Crippen LogP contribution >= 0.6 is 35.8 Å². The van der Waals surface area contributed by atoms with Gasteiger partial charge < -0.3 is 10.1 Å². The molecule has 1 N–H and O–H groups in total. The van der Waals surface area contributed by atoms with Crippen LogP contribution in [0.2, 0.25) is 0 Å². The van der Waals surface area contributed by atoms with Crippen LogP contribution in [-0.2, 0) is 11.2 Å². The molecule has 2 heterocycles. The van der Waals surface area contributed by atoms with Crippen LogP contribution in [0, 0.1) is 11.3 Å². The Morgan fingerprint density at radius 1 is 1.44 bits per heavy atom. The molecule has 1 aliphatic heterocycles. The third-order valence-corrected chi connectivity index (χ3v) is 5.71. The van der Waals surface area contributed by atoms with Crippen molar-refractivity contribution < 1.29 is 4.74 Å². The fraction of sp³-hybridized carbons (Fsp3) is 0.316. The third kappa shape index (κ3) is 3.90.